The molecule has 4 aliphatic carbocycles. The minimum Gasteiger partial charge on any atom is -0.446 e. The first-order chi connectivity index (χ1) is 12.3. The van der Waals surface area contributed by atoms with Gasteiger partial charge in [-0.3, -0.25) is 4.79 Å². The van der Waals surface area contributed by atoms with Crippen molar-refractivity contribution in [1.29, 1.82) is 5.26 Å². The van der Waals surface area contributed by atoms with Crippen molar-refractivity contribution >= 4 is 5.97 Å². The van der Waals surface area contributed by atoms with Crippen LogP contribution in [0.4, 0.5) is 0 Å². The molecule has 2 bridgehead atoms. The first-order valence-corrected chi connectivity index (χ1v) is 9.05. The Morgan fingerprint density at radius 1 is 1.00 bits per heavy atom. The monoisotopic (exact) mass is 329 g/mol. The number of hydrogen-bond donors (Lipinski definition) is 0. The lowest BCUT2D eigenvalue weighted by atomic mass is 9.58. The first-order valence-electron chi connectivity index (χ1n) is 9.05. The van der Waals surface area contributed by atoms with E-state index in [4.69, 9.17) is 4.74 Å². The SMILES string of the molecule is N#CC(OC(=O)C1CC1)C1CC2c3ccccc3C1c1ccccc12. The van der Waals surface area contributed by atoms with E-state index in [9.17, 15) is 10.1 Å². The number of benzene rings is 2. The number of rotatable bonds is 3. The molecule has 0 spiro atoms. The highest BCUT2D eigenvalue weighted by atomic mass is 16.5. The van der Waals surface area contributed by atoms with E-state index in [1.165, 1.54) is 22.3 Å². The zero-order chi connectivity index (χ0) is 17.0. The lowest BCUT2D eigenvalue weighted by Crippen LogP contribution is -2.39. The summed E-state index contributed by atoms with van der Waals surface area (Å²) in [6, 6.07) is 19.4. The number of esters is 1. The van der Waals surface area contributed by atoms with Gasteiger partial charge in [-0.1, -0.05) is 48.5 Å². The fraction of sp³-hybridized carbons (Fsp3) is 0.364. The highest BCUT2D eigenvalue weighted by molar-refractivity contribution is 5.75. The molecule has 2 aromatic rings. The third-order valence-corrected chi connectivity index (χ3v) is 6.02. The van der Waals surface area contributed by atoms with Gasteiger partial charge in [0.2, 0.25) is 0 Å². The second-order valence-corrected chi connectivity index (χ2v) is 7.45. The molecular formula is C22H19NO2. The molecule has 2 atom stereocenters. The van der Waals surface area contributed by atoms with Gasteiger partial charge in [0.05, 0.1) is 5.92 Å². The molecule has 2 aromatic carbocycles. The number of carbonyl (C=O) groups is 1. The molecule has 3 nitrogen and oxygen atoms in total. The Morgan fingerprint density at radius 3 is 2.08 bits per heavy atom. The second-order valence-electron chi connectivity index (χ2n) is 7.45. The average molecular weight is 329 g/mol. The highest BCUT2D eigenvalue weighted by Gasteiger charge is 2.47. The average Bonchev–Trinajstić information content (AvgIpc) is 3.51. The van der Waals surface area contributed by atoms with E-state index < -0.39 is 6.10 Å². The third kappa shape index (κ3) is 2.21. The van der Waals surface area contributed by atoms with Crippen LogP contribution in [0.2, 0.25) is 0 Å². The van der Waals surface area contributed by atoms with Crippen LogP contribution in [0.15, 0.2) is 48.5 Å². The summed E-state index contributed by atoms with van der Waals surface area (Å²) in [5.74, 6) is 0.292. The molecule has 3 heteroatoms. The molecule has 2 unspecified atom stereocenters. The van der Waals surface area contributed by atoms with Crippen LogP contribution in [0.25, 0.3) is 0 Å². The Labute approximate surface area is 147 Å². The van der Waals surface area contributed by atoms with Gasteiger partial charge in [0.15, 0.2) is 6.10 Å². The Balaban J connectivity index is 1.57. The third-order valence-electron chi connectivity index (χ3n) is 6.02. The molecule has 4 aliphatic rings. The maximum Gasteiger partial charge on any atom is 0.310 e. The van der Waals surface area contributed by atoms with Gasteiger partial charge < -0.3 is 4.74 Å². The Kier molecular flexibility index (Phi) is 3.21. The summed E-state index contributed by atoms with van der Waals surface area (Å²) in [5.41, 5.74) is 5.33. The van der Waals surface area contributed by atoms with Crippen LogP contribution in [0.1, 0.15) is 53.4 Å². The predicted octanol–water partition coefficient (Wildman–Crippen LogP) is 4.13. The van der Waals surface area contributed by atoms with Crippen LogP contribution in [-0.4, -0.2) is 12.1 Å². The Bertz CT molecular complexity index is 845. The van der Waals surface area contributed by atoms with Gasteiger partial charge in [-0.2, -0.15) is 5.26 Å². The molecule has 0 saturated heterocycles. The molecule has 1 fully saturated rings. The minimum absolute atomic E-state index is 0.0243. The lowest BCUT2D eigenvalue weighted by Gasteiger charge is -2.46. The fourth-order valence-corrected chi connectivity index (χ4v) is 4.73. The van der Waals surface area contributed by atoms with Crippen LogP contribution in [-0.2, 0) is 9.53 Å². The van der Waals surface area contributed by atoms with Gasteiger partial charge in [0.25, 0.3) is 0 Å². The molecule has 25 heavy (non-hydrogen) atoms. The van der Waals surface area contributed by atoms with Crippen LogP contribution in [0.3, 0.4) is 0 Å². The summed E-state index contributed by atoms with van der Waals surface area (Å²) < 4.78 is 5.65. The minimum atomic E-state index is -0.665. The first kappa shape index (κ1) is 14.7. The summed E-state index contributed by atoms with van der Waals surface area (Å²) >= 11 is 0. The number of ether oxygens (including phenoxy) is 1. The summed E-state index contributed by atoms with van der Waals surface area (Å²) in [6.07, 6.45) is 2.01. The van der Waals surface area contributed by atoms with Crippen LogP contribution in [0, 0.1) is 23.2 Å². The number of nitrogens with zero attached hydrogens (tertiary/aromatic N) is 1. The van der Waals surface area contributed by atoms with Gasteiger partial charge in [-0.25, -0.2) is 0 Å². The Morgan fingerprint density at radius 2 is 1.56 bits per heavy atom. The predicted molar refractivity (Wildman–Crippen MR) is 92.9 cm³/mol. The normalized spacial score (nSPS) is 26.9. The molecular weight excluding hydrogens is 310 g/mol. The molecule has 124 valence electrons. The van der Waals surface area contributed by atoms with Gasteiger partial charge >= 0.3 is 5.97 Å². The van der Waals surface area contributed by atoms with Crippen molar-refractivity contribution < 1.29 is 9.53 Å². The van der Waals surface area contributed by atoms with Crippen molar-refractivity contribution in [3.05, 3.63) is 70.8 Å². The molecule has 0 aromatic heterocycles. The van der Waals surface area contributed by atoms with E-state index >= 15 is 0 Å². The lowest BCUT2D eigenvalue weighted by molar-refractivity contribution is -0.150. The molecule has 0 radical (unpaired) electrons. The highest BCUT2D eigenvalue weighted by Crippen LogP contribution is 2.56. The van der Waals surface area contributed by atoms with Crippen molar-refractivity contribution in [2.45, 2.75) is 37.2 Å². The van der Waals surface area contributed by atoms with E-state index in [-0.39, 0.29) is 29.6 Å². The molecule has 0 amide bonds. The second kappa shape index (κ2) is 5.46. The standard InChI is InChI=1S/C22H19NO2/c23-12-20(25-22(24)13-9-10-13)19-11-18-14-5-1-3-7-16(14)21(19)17-8-4-2-6-15(17)18/h1-8,13,18-21H,9-11H2. The Hall–Kier alpha value is -2.60. The molecule has 6 rings (SSSR count). The number of hydrogen-bond acceptors (Lipinski definition) is 3. The summed E-state index contributed by atoms with van der Waals surface area (Å²) in [4.78, 5) is 12.1. The van der Waals surface area contributed by atoms with Crippen molar-refractivity contribution in [1.82, 2.24) is 0 Å². The topological polar surface area (TPSA) is 50.1 Å². The van der Waals surface area contributed by atoms with E-state index in [1.807, 2.05) is 0 Å². The van der Waals surface area contributed by atoms with Gasteiger partial charge in [-0.15, -0.1) is 0 Å². The smallest absolute Gasteiger partial charge is 0.310 e. The number of carbonyl (C=O) groups excluding carboxylic acids is 1. The van der Waals surface area contributed by atoms with Crippen LogP contribution in [0.5, 0.6) is 0 Å². The van der Waals surface area contributed by atoms with E-state index in [0.29, 0.717) is 0 Å². The largest absolute Gasteiger partial charge is 0.446 e. The number of fused-ring (bicyclic) bond motifs is 1. The van der Waals surface area contributed by atoms with Gasteiger partial charge in [0, 0.05) is 17.8 Å². The summed E-state index contributed by atoms with van der Waals surface area (Å²) in [5, 5.41) is 9.73. The van der Waals surface area contributed by atoms with Crippen LogP contribution < -0.4 is 0 Å². The molecule has 0 heterocycles. The van der Waals surface area contributed by atoms with Gasteiger partial charge in [-0.05, 0) is 41.5 Å². The number of nitriles is 1. The van der Waals surface area contributed by atoms with Crippen LogP contribution >= 0.6 is 0 Å². The van der Waals surface area contributed by atoms with Gasteiger partial charge in [0.1, 0.15) is 6.07 Å². The van der Waals surface area contributed by atoms with E-state index in [2.05, 4.69) is 54.6 Å². The van der Waals surface area contributed by atoms with Crippen molar-refractivity contribution in [2.24, 2.45) is 11.8 Å². The molecule has 1 saturated carbocycles. The maximum absolute atomic E-state index is 12.1. The quantitative estimate of drug-likeness (QED) is 0.796. The van der Waals surface area contributed by atoms with Crippen molar-refractivity contribution in [3.8, 4) is 6.07 Å². The zero-order valence-corrected chi connectivity index (χ0v) is 13.9. The summed E-state index contributed by atoms with van der Waals surface area (Å²) in [7, 11) is 0. The van der Waals surface area contributed by atoms with E-state index in [1.54, 1.807) is 0 Å². The summed E-state index contributed by atoms with van der Waals surface area (Å²) in [6.45, 7) is 0. The van der Waals surface area contributed by atoms with E-state index in [0.717, 1.165) is 19.3 Å². The maximum atomic E-state index is 12.1. The fourth-order valence-electron chi connectivity index (χ4n) is 4.73. The van der Waals surface area contributed by atoms with Crippen molar-refractivity contribution in [2.75, 3.05) is 0 Å². The van der Waals surface area contributed by atoms with Crippen molar-refractivity contribution in [3.63, 3.8) is 0 Å². The zero-order valence-electron chi connectivity index (χ0n) is 13.9. The molecule has 0 aliphatic heterocycles. The molecule has 0 N–H and O–H groups in total.